The molecule has 0 saturated carbocycles. The number of anilines is 3. The molecule has 0 fully saturated rings. The highest BCUT2D eigenvalue weighted by molar-refractivity contribution is 6.29. The molecular weight excluding hydrogens is 725 g/mol. The number of hydrogen-bond acceptors (Lipinski definition) is 1. The predicted molar refractivity (Wildman–Crippen MR) is 256 cm³/mol. The fraction of sp³-hybridized carbons (Fsp3) is 0. The topological polar surface area (TPSA) is 8.17 Å². The number of nitrogens with zero attached hydrogens (tertiary/aromatic N) is 2. The van der Waals surface area contributed by atoms with E-state index in [1.54, 1.807) is 0 Å². The van der Waals surface area contributed by atoms with Gasteiger partial charge in [-0.2, -0.15) is 0 Å². The molecule has 12 rings (SSSR count). The van der Waals surface area contributed by atoms with Gasteiger partial charge in [0.15, 0.2) is 0 Å². The predicted octanol–water partition coefficient (Wildman–Crippen LogP) is 16.2. The Balaban J connectivity index is 1.09. The van der Waals surface area contributed by atoms with E-state index in [1.807, 2.05) is 0 Å². The third-order valence-corrected chi connectivity index (χ3v) is 12.3. The summed E-state index contributed by atoms with van der Waals surface area (Å²) < 4.78 is 2.39. The smallest absolute Gasteiger partial charge is 0.0541 e. The molecule has 0 saturated heterocycles. The maximum atomic E-state index is 2.43. The van der Waals surface area contributed by atoms with Crippen LogP contribution in [0.15, 0.2) is 231 Å². The zero-order valence-corrected chi connectivity index (χ0v) is 32.8. The molecule has 0 N–H and O–H groups in total. The van der Waals surface area contributed by atoms with Crippen molar-refractivity contribution in [2.75, 3.05) is 4.90 Å². The monoisotopic (exact) mass is 762 g/mol. The van der Waals surface area contributed by atoms with Crippen LogP contribution in [0.1, 0.15) is 0 Å². The van der Waals surface area contributed by atoms with Gasteiger partial charge in [-0.15, -0.1) is 0 Å². The highest BCUT2D eigenvalue weighted by Crippen LogP contribution is 2.46. The van der Waals surface area contributed by atoms with E-state index >= 15 is 0 Å². The van der Waals surface area contributed by atoms with Crippen LogP contribution in [0.2, 0.25) is 0 Å². The SMILES string of the molecule is c1ccc(-c2cccc(N(c3ccc(-n4c5ccccc5c5ccccc54)cc3)c3ccccc3-c3cc4ccc5ccc6ccccc6c5c4c4ccccc34)c2)cc1. The van der Waals surface area contributed by atoms with E-state index < -0.39 is 0 Å². The Morgan fingerprint density at radius 3 is 1.63 bits per heavy atom. The van der Waals surface area contributed by atoms with E-state index in [9.17, 15) is 0 Å². The third kappa shape index (κ3) is 5.42. The van der Waals surface area contributed by atoms with Crippen LogP contribution in [-0.4, -0.2) is 4.57 Å². The van der Waals surface area contributed by atoms with Gasteiger partial charge in [0, 0.05) is 33.4 Å². The molecule has 0 unspecified atom stereocenters. The van der Waals surface area contributed by atoms with Gasteiger partial charge in [-0.1, -0.05) is 170 Å². The van der Waals surface area contributed by atoms with Crippen molar-refractivity contribution in [1.29, 1.82) is 0 Å². The van der Waals surface area contributed by atoms with Crippen LogP contribution in [0.5, 0.6) is 0 Å². The highest BCUT2D eigenvalue weighted by Gasteiger charge is 2.21. The van der Waals surface area contributed by atoms with Gasteiger partial charge in [-0.05, 0) is 120 Å². The van der Waals surface area contributed by atoms with Crippen molar-refractivity contribution in [2.24, 2.45) is 0 Å². The molecule has 0 aliphatic heterocycles. The summed E-state index contributed by atoms with van der Waals surface area (Å²) in [5.41, 5.74) is 11.6. The van der Waals surface area contributed by atoms with Crippen molar-refractivity contribution >= 4 is 82.0 Å². The molecular formula is C58H38N2. The van der Waals surface area contributed by atoms with Gasteiger partial charge in [-0.3, -0.25) is 0 Å². The van der Waals surface area contributed by atoms with Gasteiger partial charge in [0.25, 0.3) is 0 Å². The molecule has 0 atom stereocenters. The van der Waals surface area contributed by atoms with Gasteiger partial charge in [0.2, 0.25) is 0 Å². The quantitative estimate of drug-likeness (QED) is 0.153. The second-order valence-corrected chi connectivity index (χ2v) is 15.7. The number of aromatic nitrogens is 1. The molecule has 11 aromatic carbocycles. The zero-order chi connectivity index (χ0) is 39.6. The standard InChI is InChI=1S/C58H38N2/c1-2-15-39(16-3-1)42-18-14-19-46(37-42)59(44-33-35-45(36-34-44)60-55-27-12-8-22-49(55)50-23-9-13-28-56(50)60)54-26-11-10-24-51(54)53-38-43-32-31-41-30-29-40-17-4-5-20-47(40)57(41)58(43)52-25-7-6-21-48(52)53/h1-38H. The Labute approximate surface area is 348 Å². The molecule has 0 bridgehead atoms. The van der Waals surface area contributed by atoms with Crippen LogP contribution < -0.4 is 4.90 Å². The Morgan fingerprint density at radius 2 is 0.867 bits per heavy atom. The average Bonchev–Trinajstić information content (AvgIpc) is 3.66. The number of para-hydroxylation sites is 3. The molecule has 12 aromatic rings. The largest absolute Gasteiger partial charge is 0.310 e. The van der Waals surface area contributed by atoms with Gasteiger partial charge in [-0.25, -0.2) is 0 Å². The lowest BCUT2D eigenvalue weighted by molar-refractivity contribution is 1.17. The van der Waals surface area contributed by atoms with Crippen LogP contribution in [0.25, 0.3) is 92.8 Å². The lowest BCUT2D eigenvalue weighted by atomic mass is 9.88. The van der Waals surface area contributed by atoms with Crippen molar-refractivity contribution < 1.29 is 0 Å². The normalized spacial score (nSPS) is 11.7. The van der Waals surface area contributed by atoms with Gasteiger partial charge in [0.05, 0.1) is 16.7 Å². The van der Waals surface area contributed by atoms with Crippen molar-refractivity contribution in [2.45, 2.75) is 0 Å². The van der Waals surface area contributed by atoms with Gasteiger partial charge in [0.1, 0.15) is 0 Å². The molecule has 0 aliphatic carbocycles. The number of hydrogen-bond donors (Lipinski definition) is 0. The van der Waals surface area contributed by atoms with Crippen LogP contribution in [0.4, 0.5) is 17.1 Å². The van der Waals surface area contributed by atoms with E-state index in [4.69, 9.17) is 0 Å². The average molecular weight is 763 g/mol. The molecule has 0 spiro atoms. The fourth-order valence-corrected chi connectivity index (χ4v) is 9.65. The lowest BCUT2D eigenvalue weighted by Gasteiger charge is -2.29. The van der Waals surface area contributed by atoms with E-state index in [2.05, 4.69) is 240 Å². The first-order chi connectivity index (χ1) is 29.8. The van der Waals surface area contributed by atoms with Crippen LogP contribution in [0.3, 0.4) is 0 Å². The Morgan fingerprint density at radius 1 is 0.300 bits per heavy atom. The van der Waals surface area contributed by atoms with Crippen LogP contribution in [-0.2, 0) is 0 Å². The summed E-state index contributed by atoms with van der Waals surface area (Å²) in [5.74, 6) is 0. The van der Waals surface area contributed by atoms with Crippen molar-refractivity contribution in [3.05, 3.63) is 231 Å². The molecule has 60 heavy (non-hydrogen) atoms. The van der Waals surface area contributed by atoms with Crippen molar-refractivity contribution in [1.82, 2.24) is 4.57 Å². The molecule has 1 heterocycles. The van der Waals surface area contributed by atoms with Crippen molar-refractivity contribution in [3.63, 3.8) is 0 Å². The minimum atomic E-state index is 1.08. The molecule has 280 valence electrons. The zero-order valence-electron chi connectivity index (χ0n) is 32.8. The summed E-state index contributed by atoms with van der Waals surface area (Å²) in [6.07, 6.45) is 0. The van der Waals surface area contributed by atoms with Crippen LogP contribution >= 0.6 is 0 Å². The minimum absolute atomic E-state index is 1.08. The van der Waals surface area contributed by atoms with E-state index in [0.717, 1.165) is 22.7 Å². The third-order valence-electron chi connectivity index (χ3n) is 12.3. The molecule has 2 nitrogen and oxygen atoms in total. The summed E-state index contributed by atoms with van der Waals surface area (Å²) in [7, 11) is 0. The minimum Gasteiger partial charge on any atom is -0.310 e. The molecule has 1 aromatic heterocycles. The summed E-state index contributed by atoms with van der Waals surface area (Å²) >= 11 is 0. The maximum Gasteiger partial charge on any atom is 0.0541 e. The Hall–Kier alpha value is -7.94. The molecule has 0 amide bonds. The van der Waals surface area contributed by atoms with Gasteiger partial charge < -0.3 is 9.47 Å². The molecule has 0 aliphatic rings. The van der Waals surface area contributed by atoms with E-state index in [1.165, 1.54) is 87.1 Å². The van der Waals surface area contributed by atoms with E-state index in [0.29, 0.717) is 0 Å². The maximum absolute atomic E-state index is 2.43. The first-order valence-electron chi connectivity index (χ1n) is 20.7. The van der Waals surface area contributed by atoms with Crippen molar-refractivity contribution in [3.8, 4) is 27.9 Å². The van der Waals surface area contributed by atoms with Crippen LogP contribution in [0, 0.1) is 0 Å². The molecule has 2 heteroatoms. The number of fused-ring (bicyclic) bond motifs is 10. The summed E-state index contributed by atoms with van der Waals surface area (Å²) in [6, 6.07) is 84.3. The summed E-state index contributed by atoms with van der Waals surface area (Å²) in [6.45, 7) is 0. The fourth-order valence-electron chi connectivity index (χ4n) is 9.65. The summed E-state index contributed by atoms with van der Waals surface area (Å²) in [5, 5.41) is 12.7. The molecule has 0 radical (unpaired) electrons. The van der Waals surface area contributed by atoms with Gasteiger partial charge >= 0.3 is 0 Å². The second-order valence-electron chi connectivity index (χ2n) is 15.7. The highest BCUT2D eigenvalue weighted by atomic mass is 15.1. The van der Waals surface area contributed by atoms with E-state index in [-0.39, 0.29) is 0 Å². The lowest BCUT2D eigenvalue weighted by Crippen LogP contribution is -2.11. The Kier molecular flexibility index (Phi) is 7.89. The first-order valence-corrected chi connectivity index (χ1v) is 20.7. The second kappa shape index (κ2) is 13.9. The number of benzene rings is 11. The Bertz CT molecular complexity index is 3540. The first kappa shape index (κ1) is 34.1. The number of rotatable bonds is 6. The summed E-state index contributed by atoms with van der Waals surface area (Å²) in [4.78, 5) is 2.43.